The minimum absolute atomic E-state index is 0.225. The second kappa shape index (κ2) is 8.50. The molecule has 7 heteroatoms. The van der Waals surface area contributed by atoms with Crippen LogP contribution in [0.15, 0.2) is 39.1 Å². The van der Waals surface area contributed by atoms with Gasteiger partial charge in [0, 0.05) is 17.0 Å². The van der Waals surface area contributed by atoms with E-state index < -0.39 is 23.8 Å². The van der Waals surface area contributed by atoms with Gasteiger partial charge in [-0.2, -0.15) is 0 Å². The molecule has 0 saturated heterocycles. The summed E-state index contributed by atoms with van der Waals surface area (Å²) in [5, 5.41) is 3.23. The highest BCUT2D eigenvalue weighted by molar-refractivity contribution is 6.12. The van der Waals surface area contributed by atoms with E-state index in [9.17, 15) is 14.4 Å². The van der Waals surface area contributed by atoms with Crippen LogP contribution >= 0.6 is 0 Å². The third-order valence-electron chi connectivity index (χ3n) is 5.89. The Hall–Kier alpha value is -2.83. The first kappa shape index (κ1) is 21.9. The van der Waals surface area contributed by atoms with E-state index in [1.807, 2.05) is 20.8 Å². The van der Waals surface area contributed by atoms with Crippen molar-refractivity contribution in [3.63, 3.8) is 0 Å². The van der Waals surface area contributed by atoms with Crippen LogP contribution in [0, 0.1) is 18.8 Å². The van der Waals surface area contributed by atoms with Crippen molar-refractivity contribution >= 4 is 17.7 Å². The fourth-order valence-electron chi connectivity index (χ4n) is 4.17. The second-order valence-electron chi connectivity index (χ2n) is 8.11. The number of rotatable bonds is 5. The lowest BCUT2D eigenvalue weighted by molar-refractivity contribution is -0.151. The molecule has 4 atom stereocenters. The Balaban J connectivity index is 2.13. The molecule has 0 aromatic carbocycles. The first-order chi connectivity index (χ1) is 14.2. The molecule has 7 nitrogen and oxygen atoms in total. The van der Waals surface area contributed by atoms with Crippen molar-refractivity contribution in [2.45, 2.75) is 59.5 Å². The summed E-state index contributed by atoms with van der Waals surface area (Å²) in [5.41, 5.74) is 2.04. The maximum Gasteiger partial charge on any atom is 0.337 e. The van der Waals surface area contributed by atoms with Gasteiger partial charge < -0.3 is 19.2 Å². The van der Waals surface area contributed by atoms with Crippen LogP contribution in [0.2, 0.25) is 0 Å². The summed E-state index contributed by atoms with van der Waals surface area (Å²) in [5.74, 6) is -2.15. The fraction of sp³-hybridized carbons (Fsp3) is 0.522. The molecule has 3 rings (SSSR count). The molecular weight excluding hydrogens is 386 g/mol. The van der Waals surface area contributed by atoms with Gasteiger partial charge in [-0.1, -0.05) is 13.8 Å². The third-order valence-corrected chi connectivity index (χ3v) is 5.89. The van der Waals surface area contributed by atoms with E-state index in [2.05, 4.69) is 5.32 Å². The lowest BCUT2D eigenvalue weighted by Crippen LogP contribution is -2.43. The molecule has 1 N–H and O–H groups in total. The van der Waals surface area contributed by atoms with Crippen molar-refractivity contribution in [1.82, 2.24) is 5.32 Å². The van der Waals surface area contributed by atoms with Crippen LogP contribution in [-0.4, -0.2) is 30.9 Å². The predicted molar refractivity (Wildman–Crippen MR) is 109 cm³/mol. The number of ether oxygens (including phenoxy) is 2. The molecule has 0 amide bonds. The number of nitrogens with one attached hydrogen (secondary N) is 1. The number of allylic oxidation sites excluding steroid dienone is 3. The third kappa shape index (κ3) is 3.80. The normalized spacial score (nSPS) is 24.9. The summed E-state index contributed by atoms with van der Waals surface area (Å²) in [4.78, 5) is 39.0. The van der Waals surface area contributed by atoms with Crippen molar-refractivity contribution in [3.05, 3.63) is 46.2 Å². The summed E-state index contributed by atoms with van der Waals surface area (Å²) in [6, 6.07) is 3.55. The van der Waals surface area contributed by atoms with E-state index in [1.165, 1.54) is 7.11 Å². The molecule has 1 aliphatic carbocycles. The molecule has 0 radical (unpaired) electrons. The van der Waals surface area contributed by atoms with Gasteiger partial charge >= 0.3 is 11.9 Å². The van der Waals surface area contributed by atoms with Crippen LogP contribution in [0.4, 0.5) is 0 Å². The molecule has 1 aromatic heterocycles. The highest BCUT2D eigenvalue weighted by atomic mass is 16.5. The first-order valence-corrected chi connectivity index (χ1v) is 10.3. The fourth-order valence-corrected chi connectivity index (χ4v) is 4.17. The molecular formula is C23H29NO6. The summed E-state index contributed by atoms with van der Waals surface area (Å²) >= 11 is 0. The first-order valence-electron chi connectivity index (χ1n) is 10.3. The Labute approximate surface area is 176 Å². The van der Waals surface area contributed by atoms with Crippen molar-refractivity contribution in [3.8, 4) is 0 Å². The zero-order valence-electron chi connectivity index (χ0n) is 18.3. The minimum Gasteiger partial charge on any atom is -0.468 e. The van der Waals surface area contributed by atoms with Gasteiger partial charge in [-0.25, -0.2) is 4.79 Å². The van der Waals surface area contributed by atoms with Crippen LogP contribution in [-0.2, 0) is 23.9 Å². The van der Waals surface area contributed by atoms with Crippen LogP contribution in [0.1, 0.15) is 58.0 Å². The molecule has 2 aliphatic rings. The molecule has 1 aromatic rings. The SMILES string of the molecule is CC[C@@H](C)OC(=O)C1=C(C)NC2=C(C(=O)[C@@H](C(=O)OC)[C@@H](C)C2)[C@H]1c1ccc(C)o1. The van der Waals surface area contributed by atoms with Gasteiger partial charge in [-0.05, 0) is 51.7 Å². The van der Waals surface area contributed by atoms with E-state index in [4.69, 9.17) is 13.9 Å². The molecule has 0 unspecified atom stereocenters. The smallest absolute Gasteiger partial charge is 0.337 e. The molecule has 0 saturated carbocycles. The van der Waals surface area contributed by atoms with Crippen molar-refractivity contribution in [1.29, 1.82) is 0 Å². The van der Waals surface area contributed by atoms with Crippen LogP contribution in [0.3, 0.4) is 0 Å². The number of aryl methyl sites for hydroxylation is 1. The topological polar surface area (TPSA) is 94.8 Å². The Bertz CT molecular complexity index is 937. The number of dihydropyridines is 1. The Morgan fingerprint density at radius 3 is 2.57 bits per heavy atom. The molecule has 0 spiro atoms. The average molecular weight is 415 g/mol. The lowest BCUT2D eigenvalue weighted by atomic mass is 9.70. The van der Waals surface area contributed by atoms with Gasteiger partial charge in [0.05, 0.1) is 24.7 Å². The number of carbonyl (C=O) groups excluding carboxylic acids is 3. The van der Waals surface area contributed by atoms with Gasteiger partial charge in [0.15, 0.2) is 5.78 Å². The highest BCUT2D eigenvalue weighted by Gasteiger charge is 2.48. The van der Waals surface area contributed by atoms with Gasteiger partial charge in [0.25, 0.3) is 0 Å². The molecule has 2 heterocycles. The van der Waals surface area contributed by atoms with Crippen LogP contribution < -0.4 is 5.32 Å². The van der Waals surface area contributed by atoms with E-state index in [1.54, 1.807) is 26.0 Å². The van der Waals surface area contributed by atoms with E-state index >= 15 is 0 Å². The number of Topliss-reactive ketones (excluding diaryl/α,β-unsaturated/α-hetero) is 1. The van der Waals surface area contributed by atoms with Gasteiger partial charge in [-0.15, -0.1) is 0 Å². The summed E-state index contributed by atoms with van der Waals surface area (Å²) < 4.78 is 16.3. The molecule has 1 aliphatic heterocycles. The second-order valence-corrected chi connectivity index (χ2v) is 8.11. The summed E-state index contributed by atoms with van der Waals surface area (Å²) in [6.45, 7) is 9.19. The highest BCUT2D eigenvalue weighted by Crippen LogP contribution is 2.45. The van der Waals surface area contributed by atoms with E-state index in [0.717, 1.165) is 0 Å². The minimum atomic E-state index is -0.917. The van der Waals surface area contributed by atoms with Crippen molar-refractivity contribution in [2.24, 2.45) is 11.8 Å². The van der Waals surface area contributed by atoms with Gasteiger partial charge in [-0.3, -0.25) is 9.59 Å². The lowest BCUT2D eigenvalue weighted by Gasteiger charge is -2.37. The number of carbonyl (C=O) groups is 3. The number of ketones is 1. The Morgan fingerprint density at radius 1 is 1.30 bits per heavy atom. The van der Waals surface area contributed by atoms with Crippen LogP contribution in [0.5, 0.6) is 0 Å². The maximum absolute atomic E-state index is 13.5. The van der Waals surface area contributed by atoms with E-state index in [-0.39, 0.29) is 17.8 Å². The standard InChI is InChI=1S/C23H29NO6/c1-7-12(3)30-23(27)18-14(5)24-15-10-11(2)17(22(26)28-6)21(25)19(15)20(18)16-9-8-13(4)29-16/h8-9,11-12,17,20,24H,7,10H2,1-6H3/t11-,12+,17-,20-/m0/s1. The number of esters is 2. The monoisotopic (exact) mass is 415 g/mol. The number of furan rings is 1. The molecule has 0 fully saturated rings. The Morgan fingerprint density at radius 2 is 2.00 bits per heavy atom. The predicted octanol–water partition coefficient (Wildman–Crippen LogP) is 3.54. The average Bonchev–Trinajstić information content (AvgIpc) is 3.12. The molecule has 0 bridgehead atoms. The Kier molecular flexibility index (Phi) is 6.19. The maximum atomic E-state index is 13.5. The summed E-state index contributed by atoms with van der Waals surface area (Å²) in [7, 11) is 1.28. The van der Waals surface area contributed by atoms with Crippen molar-refractivity contribution in [2.75, 3.05) is 7.11 Å². The number of methoxy groups -OCH3 is 1. The van der Waals surface area contributed by atoms with E-state index in [0.29, 0.717) is 46.9 Å². The van der Waals surface area contributed by atoms with Crippen LogP contribution in [0.25, 0.3) is 0 Å². The quantitative estimate of drug-likeness (QED) is 0.580. The molecule has 30 heavy (non-hydrogen) atoms. The van der Waals surface area contributed by atoms with Crippen molar-refractivity contribution < 1.29 is 28.3 Å². The largest absolute Gasteiger partial charge is 0.468 e. The number of hydrogen-bond acceptors (Lipinski definition) is 7. The zero-order chi connectivity index (χ0) is 22.2. The summed E-state index contributed by atoms with van der Waals surface area (Å²) in [6.07, 6.45) is 0.893. The van der Waals surface area contributed by atoms with Gasteiger partial charge in [0.1, 0.15) is 17.4 Å². The molecule has 162 valence electrons. The zero-order valence-corrected chi connectivity index (χ0v) is 18.3. The number of hydrogen-bond donors (Lipinski definition) is 1. The van der Waals surface area contributed by atoms with Gasteiger partial charge in [0.2, 0.25) is 0 Å².